The molecular formula is C48H41FN4O. The highest BCUT2D eigenvalue weighted by Crippen LogP contribution is 2.51. The molecule has 0 saturated heterocycles. The number of aromatic nitrogens is 4. The van der Waals surface area contributed by atoms with Gasteiger partial charge in [-0.05, 0) is 84.7 Å². The minimum absolute atomic E-state index is 0.174. The molecule has 0 amide bonds. The molecule has 6 heteroatoms. The van der Waals surface area contributed by atoms with E-state index in [-0.39, 0.29) is 11.7 Å². The summed E-state index contributed by atoms with van der Waals surface area (Å²) < 4.78 is 25.2. The molecule has 0 fully saturated rings. The maximum atomic E-state index is 14.4. The van der Waals surface area contributed by atoms with Gasteiger partial charge < -0.3 is 4.74 Å². The third-order valence-electron chi connectivity index (χ3n) is 10.9. The average Bonchev–Trinajstić information content (AvgIpc) is 3.76. The normalized spacial score (nSPS) is 15.8. The Labute approximate surface area is 315 Å². The fraction of sp³-hybridized carbons (Fsp3) is 0.167. The van der Waals surface area contributed by atoms with E-state index in [1.165, 1.54) is 46.3 Å². The van der Waals surface area contributed by atoms with Gasteiger partial charge in [0, 0.05) is 52.3 Å². The van der Waals surface area contributed by atoms with E-state index in [0.29, 0.717) is 23.2 Å². The SMILES string of the molecule is CCc1nn(-c2cccc(Oc3ccc4c5ccccc5n(-c5cc(F)ccn5)c4c3)c2)c(CC)c1C1C(c2ccccc2)=CCC[C@@H]1c1ccccc1. The summed E-state index contributed by atoms with van der Waals surface area (Å²) in [5.74, 6) is 2.08. The summed E-state index contributed by atoms with van der Waals surface area (Å²) in [6, 6.07) is 47.1. The van der Waals surface area contributed by atoms with Crippen molar-refractivity contribution in [2.24, 2.45) is 0 Å². The second kappa shape index (κ2) is 14.3. The van der Waals surface area contributed by atoms with Gasteiger partial charge in [-0.15, -0.1) is 0 Å². The van der Waals surface area contributed by atoms with Crippen molar-refractivity contribution in [3.05, 3.63) is 186 Å². The largest absolute Gasteiger partial charge is 0.457 e. The number of ether oxygens (including phenoxy) is 1. The summed E-state index contributed by atoms with van der Waals surface area (Å²) in [6.45, 7) is 4.46. The van der Waals surface area contributed by atoms with Gasteiger partial charge in [-0.1, -0.05) is 105 Å². The molecule has 0 saturated carbocycles. The zero-order valence-corrected chi connectivity index (χ0v) is 30.5. The quantitative estimate of drug-likeness (QED) is 0.150. The van der Waals surface area contributed by atoms with Crippen molar-refractivity contribution in [3.63, 3.8) is 0 Å². The van der Waals surface area contributed by atoms with Crippen LogP contribution >= 0.6 is 0 Å². The first-order valence-corrected chi connectivity index (χ1v) is 19.0. The van der Waals surface area contributed by atoms with Crippen LogP contribution in [-0.4, -0.2) is 19.3 Å². The Morgan fingerprint density at radius 3 is 2.28 bits per heavy atom. The van der Waals surface area contributed by atoms with Gasteiger partial charge >= 0.3 is 0 Å². The van der Waals surface area contributed by atoms with Crippen LogP contribution < -0.4 is 4.74 Å². The molecular weight excluding hydrogens is 668 g/mol. The molecule has 54 heavy (non-hydrogen) atoms. The highest BCUT2D eigenvalue weighted by atomic mass is 19.1. The summed E-state index contributed by atoms with van der Waals surface area (Å²) in [4.78, 5) is 4.52. The summed E-state index contributed by atoms with van der Waals surface area (Å²) in [5.41, 5.74) is 10.6. The van der Waals surface area contributed by atoms with Gasteiger partial charge in [0.05, 0.1) is 22.4 Å². The summed E-state index contributed by atoms with van der Waals surface area (Å²) in [6.07, 6.45) is 7.76. The lowest BCUT2D eigenvalue weighted by Gasteiger charge is -2.34. The Balaban J connectivity index is 1.13. The van der Waals surface area contributed by atoms with Crippen LogP contribution in [0.15, 0.2) is 152 Å². The first kappa shape index (κ1) is 33.6. The number of pyridine rings is 1. The first-order valence-electron chi connectivity index (χ1n) is 19.0. The number of rotatable bonds is 9. The van der Waals surface area contributed by atoms with Crippen LogP contribution in [0, 0.1) is 5.82 Å². The second-order valence-electron chi connectivity index (χ2n) is 14.0. The molecule has 5 aromatic carbocycles. The Morgan fingerprint density at radius 1 is 0.722 bits per heavy atom. The van der Waals surface area contributed by atoms with Crippen molar-refractivity contribution in [2.75, 3.05) is 0 Å². The Morgan fingerprint density at radius 2 is 1.48 bits per heavy atom. The zero-order chi connectivity index (χ0) is 36.6. The molecule has 2 atom stereocenters. The Kier molecular flexibility index (Phi) is 8.87. The molecule has 0 spiro atoms. The number of hydrogen-bond acceptors (Lipinski definition) is 3. The van der Waals surface area contributed by atoms with Crippen molar-refractivity contribution < 1.29 is 9.13 Å². The van der Waals surface area contributed by atoms with E-state index in [2.05, 4.69) is 115 Å². The number of benzene rings is 5. The molecule has 0 N–H and O–H groups in total. The van der Waals surface area contributed by atoms with Crippen LogP contribution in [0.25, 0.3) is 38.9 Å². The van der Waals surface area contributed by atoms with Crippen molar-refractivity contribution >= 4 is 27.4 Å². The Hall–Kier alpha value is -6.27. The lowest BCUT2D eigenvalue weighted by molar-refractivity contribution is 0.482. The lowest BCUT2D eigenvalue weighted by atomic mass is 9.69. The van der Waals surface area contributed by atoms with Crippen LogP contribution in [0.3, 0.4) is 0 Å². The highest BCUT2D eigenvalue weighted by Gasteiger charge is 2.36. The standard InChI is InChI=1S/C48H41FN4O/c1-3-42-48(47-38(32-15-7-5-8-16-32)22-14-23-39(47)33-17-9-6-10-18-33)43(4-2)53(51-42)35-19-13-20-36(30-35)54-37-25-26-41-40-21-11-12-24-44(40)52(45(41)31-37)46-29-34(49)27-28-50-46/h5-13,15-22,24-31,39,47H,3-4,14,23H2,1-2H3/t39-,47?/m1/s1. The van der Waals surface area contributed by atoms with Gasteiger partial charge in [-0.25, -0.2) is 14.1 Å². The number of aryl methyl sites for hydroxylation is 1. The van der Waals surface area contributed by atoms with E-state index < -0.39 is 0 Å². The second-order valence-corrected chi connectivity index (χ2v) is 14.0. The van der Waals surface area contributed by atoms with Crippen molar-refractivity contribution in [3.8, 4) is 23.0 Å². The third kappa shape index (κ3) is 5.98. The average molecular weight is 709 g/mol. The van der Waals surface area contributed by atoms with Crippen molar-refractivity contribution in [2.45, 2.75) is 51.4 Å². The van der Waals surface area contributed by atoms with Crippen LogP contribution in [0.1, 0.15) is 66.6 Å². The van der Waals surface area contributed by atoms with E-state index in [1.54, 1.807) is 0 Å². The van der Waals surface area contributed by atoms with Crippen LogP contribution in [0.2, 0.25) is 0 Å². The molecule has 3 aromatic heterocycles. The molecule has 9 rings (SSSR count). The lowest BCUT2D eigenvalue weighted by Crippen LogP contribution is -2.19. The van der Waals surface area contributed by atoms with Gasteiger partial charge in [0.2, 0.25) is 0 Å². The van der Waals surface area contributed by atoms with E-state index in [4.69, 9.17) is 9.84 Å². The predicted molar refractivity (Wildman–Crippen MR) is 217 cm³/mol. The van der Waals surface area contributed by atoms with Crippen LogP contribution in [0.4, 0.5) is 4.39 Å². The number of fused-ring (bicyclic) bond motifs is 3. The molecule has 3 heterocycles. The molecule has 0 radical (unpaired) electrons. The maximum Gasteiger partial charge on any atom is 0.140 e. The van der Waals surface area contributed by atoms with Gasteiger partial charge in [-0.3, -0.25) is 4.57 Å². The maximum absolute atomic E-state index is 14.4. The van der Waals surface area contributed by atoms with Crippen molar-refractivity contribution in [1.29, 1.82) is 0 Å². The number of nitrogens with zero attached hydrogens (tertiary/aromatic N) is 4. The van der Waals surface area contributed by atoms with E-state index in [1.807, 2.05) is 47.0 Å². The fourth-order valence-corrected chi connectivity index (χ4v) is 8.55. The molecule has 266 valence electrons. The summed E-state index contributed by atoms with van der Waals surface area (Å²) >= 11 is 0. The molecule has 0 bridgehead atoms. The number of para-hydroxylation sites is 1. The van der Waals surface area contributed by atoms with Crippen LogP contribution in [0.5, 0.6) is 11.5 Å². The minimum Gasteiger partial charge on any atom is -0.457 e. The fourth-order valence-electron chi connectivity index (χ4n) is 8.55. The summed E-state index contributed by atoms with van der Waals surface area (Å²) in [5, 5.41) is 7.47. The highest BCUT2D eigenvalue weighted by molar-refractivity contribution is 6.09. The van der Waals surface area contributed by atoms with Crippen LogP contribution in [-0.2, 0) is 12.8 Å². The van der Waals surface area contributed by atoms with E-state index in [9.17, 15) is 4.39 Å². The minimum atomic E-state index is -0.332. The van der Waals surface area contributed by atoms with E-state index >= 15 is 0 Å². The Bertz CT molecular complexity index is 2640. The topological polar surface area (TPSA) is 44.9 Å². The zero-order valence-electron chi connectivity index (χ0n) is 30.5. The first-order chi connectivity index (χ1) is 26.6. The molecule has 5 nitrogen and oxygen atoms in total. The molecule has 1 unspecified atom stereocenters. The predicted octanol–water partition coefficient (Wildman–Crippen LogP) is 12.2. The molecule has 1 aliphatic carbocycles. The monoisotopic (exact) mass is 708 g/mol. The summed E-state index contributed by atoms with van der Waals surface area (Å²) in [7, 11) is 0. The third-order valence-corrected chi connectivity index (χ3v) is 10.9. The van der Waals surface area contributed by atoms with Gasteiger partial charge in [0.1, 0.15) is 23.1 Å². The van der Waals surface area contributed by atoms with Crippen molar-refractivity contribution in [1.82, 2.24) is 19.3 Å². The smallest absolute Gasteiger partial charge is 0.140 e. The molecule has 0 aliphatic heterocycles. The molecule has 1 aliphatic rings. The van der Waals surface area contributed by atoms with E-state index in [0.717, 1.165) is 58.9 Å². The number of allylic oxidation sites excluding steroid dienone is 2. The molecule has 8 aromatic rings. The number of hydrogen-bond donors (Lipinski definition) is 0. The number of halogens is 1. The van der Waals surface area contributed by atoms with Gasteiger partial charge in [0.25, 0.3) is 0 Å². The van der Waals surface area contributed by atoms with Gasteiger partial charge in [0.15, 0.2) is 0 Å². The van der Waals surface area contributed by atoms with Gasteiger partial charge in [-0.2, -0.15) is 5.10 Å².